The van der Waals surface area contributed by atoms with Crippen LogP contribution in [0.15, 0.2) is 29.2 Å². The fourth-order valence-corrected chi connectivity index (χ4v) is 3.18. The molecular weight excluding hydrogens is 280 g/mol. The number of aliphatic hydroxyl groups excluding tert-OH is 1. The molecule has 0 radical (unpaired) electrons. The van der Waals surface area contributed by atoms with Crippen molar-refractivity contribution < 1.29 is 18.3 Å². The molecule has 2 N–H and O–H groups in total. The zero-order valence-electron chi connectivity index (χ0n) is 11.4. The molecule has 0 aromatic heterocycles. The Labute approximate surface area is 119 Å². The molecule has 1 aromatic rings. The molecule has 1 fully saturated rings. The summed E-state index contributed by atoms with van der Waals surface area (Å²) in [6.07, 6.45) is -0.103. The van der Waals surface area contributed by atoms with Crippen molar-refractivity contribution >= 4 is 10.0 Å². The molecule has 0 aliphatic carbocycles. The van der Waals surface area contributed by atoms with Crippen molar-refractivity contribution in [3.05, 3.63) is 29.8 Å². The van der Waals surface area contributed by atoms with Gasteiger partial charge in [0, 0.05) is 13.1 Å². The summed E-state index contributed by atoms with van der Waals surface area (Å²) in [5.41, 5.74) is 0.609. The van der Waals surface area contributed by atoms with Gasteiger partial charge in [0.05, 0.1) is 24.2 Å². The normalized spacial score (nSPS) is 18.9. The van der Waals surface area contributed by atoms with Crippen LogP contribution in [0.2, 0.25) is 0 Å². The van der Waals surface area contributed by atoms with Crippen LogP contribution in [0.4, 0.5) is 0 Å². The van der Waals surface area contributed by atoms with E-state index >= 15 is 0 Å². The van der Waals surface area contributed by atoms with E-state index in [1.807, 2.05) is 6.92 Å². The fourth-order valence-electron chi connectivity index (χ4n) is 2.00. The molecular formula is C13H20N2O4S. The van der Waals surface area contributed by atoms with Gasteiger partial charge in [0.1, 0.15) is 0 Å². The van der Waals surface area contributed by atoms with Gasteiger partial charge in [-0.2, -0.15) is 0 Å². The third-order valence-electron chi connectivity index (χ3n) is 3.20. The van der Waals surface area contributed by atoms with Crippen LogP contribution in [0.3, 0.4) is 0 Å². The van der Waals surface area contributed by atoms with Crippen molar-refractivity contribution in [2.24, 2.45) is 0 Å². The van der Waals surface area contributed by atoms with E-state index < -0.39 is 16.1 Å². The Bertz CT molecular complexity index is 541. The number of ether oxygens (including phenoxy) is 1. The third kappa shape index (κ3) is 3.77. The lowest BCUT2D eigenvalue weighted by Crippen LogP contribution is -2.48. The minimum atomic E-state index is -3.61. The van der Waals surface area contributed by atoms with E-state index in [4.69, 9.17) is 4.74 Å². The predicted octanol–water partition coefficient (Wildman–Crippen LogP) is 0.655. The third-order valence-corrected chi connectivity index (χ3v) is 4.57. The van der Waals surface area contributed by atoms with Crippen molar-refractivity contribution in [2.75, 3.05) is 26.3 Å². The van der Waals surface area contributed by atoms with E-state index in [2.05, 4.69) is 4.83 Å². The lowest BCUT2D eigenvalue weighted by Gasteiger charge is -2.26. The van der Waals surface area contributed by atoms with E-state index in [-0.39, 0.29) is 4.90 Å². The van der Waals surface area contributed by atoms with Gasteiger partial charge in [-0.05, 0) is 24.1 Å². The first kappa shape index (κ1) is 15.4. The Kier molecular flexibility index (Phi) is 5.11. The van der Waals surface area contributed by atoms with Crippen molar-refractivity contribution in [3.63, 3.8) is 0 Å². The highest BCUT2D eigenvalue weighted by Crippen LogP contribution is 2.20. The summed E-state index contributed by atoms with van der Waals surface area (Å²) in [6.45, 7) is 3.92. The van der Waals surface area contributed by atoms with Gasteiger partial charge in [0.25, 0.3) is 10.0 Å². The van der Waals surface area contributed by atoms with E-state index in [1.54, 1.807) is 17.1 Å². The number of rotatable bonds is 5. The summed E-state index contributed by atoms with van der Waals surface area (Å²) in [5.74, 6) is 0. The van der Waals surface area contributed by atoms with E-state index in [0.717, 1.165) is 0 Å². The molecule has 1 saturated heterocycles. The summed E-state index contributed by atoms with van der Waals surface area (Å²) in [7, 11) is -3.61. The van der Waals surface area contributed by atoms with Crippen LogP contribution >= 0.6 is 0 Å². The summed E-state index contributed by atoms with van der Waals surface area (Å²) < 4.78 is 29.8. The minimum absolute atomic E-state index is 0.161. The Morgan fingerprint density at radius 3 is 2.75 bits per heavy atom. The number of sulfonamides is 1. The Morgan fingerprint density at radius 1 is 1.40 bits per heavy atom. The fraction of sp³-hybridized carbons (Fsp3) is 0.538. The average Bonchev–Trinajstić information content (AvgIpc) is 2.47. The van der Waals surface area contributed by atoms with Crippen molar-refractivity contribution in [1.29, 1.82) is 0 Å². The number of morpholine rings is 1. The molecule has 0 bridgehead atoms. The molecule has 1 atom stereocenters. The molecule has 20 heavy (non-hydrogen) atoms. The van der Waals surface area contributed by atoms with Gasteiger partial charge in [0.15, 0.2) is 0 Å². The van der Waals surface area contributed by atoms with Crippen LogP contribution in [-0.4, -0.2) is 44.8 Å². The highest BCUT2D eigenvalue weighted by atomic mass is 32.2. The van der Waals surface area contributed by atoms with E-state index in [1.165, 1.54) is 12.1 Å². The number of benzene rings is 1. The van der Waals surface area contributed by atoms with E-state index in [0.29, 0.717) is 38.3 Å². The van der Waals surface area contributed by atoms with Gasteiger partial charge in [-0.3, -0.25) is 0 Å². The zero-order valence-corrected chi connectivity index (χ0v) is 12.3. The largest absolute Gasteiger partial charge is 0.388 e. The maximum absolute atomic E-state index is 12.3. The van der Waals surface area contributed by atoms with Crippen LogP contribution < -0.4 is 4.83 Å². The number of hydrazine groups is 1. The molecule has 2 rings (SSSR count). The predicted molar refractivity (Wildman–Crippen MR) is 74.4 cm³/mol. The molecule has 1 heterocycles. The van der Waals surface area contributed by atoms with Crippen molar-refractivity contribution in [3.8, 4) is 0 Å². The Hall–Kier alpha value is -0.990. The van der Waals surface area contributed by atoms with E-state index in [9.17, 15) is 13.5 Å². The molecule has 1 aliphatic heterocycles. The van der Waals surface area contributed by atoms with Crippen LogP contribution in [-0.2, 0) is 14.8 Å². The molecule has 0 amide bonds. The highest BCUT2D eigenvalue weighted by Gasteiger charge is 2.21. The van der Waals surface area contributed by atoms with Crippen molar-refractivity contribution in [1.82, 2.24) is 9.84 Å². The number of nitrogens with zero attached hydrogens (tertiary/aromatic N) is 1. The summed E-state index contributed by atoms with van der Waals surface area (Å²) in [5, 5.41) is 11.4. The van der Waals surface area contributed by atoms with Gasteiger partial charge in [0.2, 0.25) is 0 Å². The molecule has 1 unspecified atom stereocenters. The second kappa shape index (κ2) is 6.64. The highest BCUT2D eigenvalue weighted by molar-refractivity contribution is 7.89. The van der Waals surface area contributed by atoms with Crippen LogP contribution in [0.1, 0.15) is 25.0 Å². The summed E-state index contributed by atoms with van der Waals surface area (Å²) in [6, 6.07) is 6.40. The zero-order chi connectivity index (χ0) is 14.6. The standard InChI is InChI=1S/C13H20N2O4S/c1-2-13(16)11-4-3-5-12(10-11)20(17,18)14-15-6-8-19-9-7-15/h3-5,10,13-14,16H,2,6-9H2,1H3. The number of hydrogen-bond donors (Lipinski definition) is 2. The average molecular weight is 300 g/mol. The van der Waals surface area contributed by atoms with Gasteiger partial charge in [-0.15, -0.1) is 4.83 Å². The second-order valence-electron chi connectivity index (χ2n) is 4.69. The SMILES string of the molecule is CCC(O)c1cccc(S(=O)(=O)NN2CCOCC2)c1. The van der Waals surface area contributed by atoms with Gasteiger partial charge in [-0.1, -0.05) is 19.1 Å². The summed E-state index contributed by atoms with van der Waals surface area (Å²) in [4.78, 5) is 2.70. The lowest BCUT2D eigenvalue weighted by molar-refractivity contribution is 0.0272. The molecule has 7 heteroatoms. The first-order valence-corrected chi connectivity index (χ1v) is 8.14. The van der Waals surface area contributed by atoms with Gasteiger partial charge in [-0.25, -0.2) is 13.4 Å². The summed E-state index contributed by atoms with van der Waals surface area (Å²) >= 11 is 0. The molecule has 6 nitrogen and oxygen atoms in total. The molecule has 0 spiro atoms. The van der Waals surface area contributed by atoms with Crippen molar-refractivity contribution in [2.45, 2.75) is 24.3 Å². The molecule has 1 aromatic carbocycles. The van der Waals surface area contributed by atoms with Crippen LogP contribution in [0.25, 0.3) is 0 Å². The molecule has 112 valence electrons. The molecule has 1 aliphatic rings. The van der Waals surface area contributed by atoms with Crippen LogP contribution in [0.5, 0.6) is 0 Å². The maximum Gasteiger partial charge on any atom is 0.253 e. The number of hydrogen-bond acceptors (Lipinski definition) is 5. The van der Waals surface area contributed by atoms with Gasteiger partial charge >= 0.3 is 0 Å². The van der Waals surface area contributed by atoms with Crippen LogP contribution in [0, 0.1) is 0 Å². The Balaban J connectivity index is 2.16. The number of aliphatic hydroxyl groups is 1. The lowest BCUT2D eigenvalue weighted by atomic mass is 10.1. The van der Waals surface area contributed by atoms with Gasteiger partial charge < -0.3 is 9.84 Å². The monoisotopic (exact) mass is 300 g/mol. The first-order valence-electron chi connectivity index (χ1n) is 6.66. The Morgan fingerprint density at radius 2 is 2.10 bits per heavy atom. The molecule has 0 saturated carbocycles. The number of nitrogens with one attached hydrogen (secondary N) is 1. The maximum atomic E-state index is 12.3. The first-order chi connectivity index (χ1) is 9.53. The minimum Gasteiger partial charge on any atom is -0.388 e. The smallest absolute Gasteiger partial charge is 0.253 e. The quantitative estimate of drug-likeness (QED) is 0.835. The second-order valence-corrected chi connectivity index (χ2v) is 6.35. The topological polar surface area (TPSA) is 78.9 Å².